The molecule has 0 saturated carbocycles. The van der Waals surface area contributed by atoms with E-state index in [1.165, 1.54) is 6.07 Å². The molecular weight excluding hydrogens is 362 g/mol. The molecule has 112 valence electrons. The van der Waals surface area contributed by atoms with Gasteiger partial charge in [0.2, 0.25) is 10.0 Å². The van der Waals surface area contributed by atoms with E-state index in [1.54, 1.807) is 12.1 Å². The Balaban J connectivity index is 2.17. The summed E-state index contributed by atoms with van der Waals surface area (Å²) in [6.07, 6.45) is 2.16. The molecule has 1 aliphatic heterocycles. The summed E-state index contributed by atoms with van der Waals surface area (Å²) in [5.74, 6) is 1.09. The molecule has 1 unspecified atom stereocenters. The van der Waals surface area contributed by atoms with Crippen LogP contribution in [0, 0.1) is 0 Å². The van der Waals surface area contributed by atoms with Gasteiger partial charge in [-0.1, -0.05) is 6.07 Å². The van der Waals surface area contributed by atoms with Crippen molar-refractivity contribution in [3.05, 3.63) is 28.2 Å². The zero-order chi connectivity index (χ0) is 14.8. The third-order valence-corrected chi connectivity index (χ3v) is 7.34. The summed E-state index contributed by atoms with van der Waals surface area (Å²) in [5, 5.41) is 9.13. The monoisotopic (exact) mass is 379 g/mol. The Hall–Kier alpha value is -0.0800. The van der Waals surface area contributed by atoms with Gasteiger partial charge in [0.1, 0.15) is 0 Å². The largest absolute Gasteiger partial charge is 0.392 e. The van der Waals surface area contributed by atoms with E-state index in [1.807, 2.05) is 11.8 Å². The lowest BCUT2D eigenvalue weighted by atomic mass is 10.1. The maximum absolute atomic E-state index is 12.4. The minimum absolute atomic E-state index is 0.0197. The van der Waals surface area contributed by atoms with Crippen LogP contribution in [0.3, 0.4) is 0 Å². The number of rotatable bonds is 5. The molecule has 1 heterocycles. The lowest BCUT2D eigenvalue weighted by molar-refractivity contribution is 0.281. The van der Waals surface area contributed by atoms with Crippen molar-refractivity contribution < 1.29 is 13.5 Å². The van der Waals surface area contributed by atoms with Crippen LogP contribution in [0.15, 0.2) is 27.6 Å². The Kier molecular flexibility index (Phi) is 5.18. The third kappa shape index (κ3) is 3.76. The highest BCUT2D eigenvalue weighted by atomic mass is 79.9. The molecule has 1 saturated heterocycles. The van der Waals surface area contributed by atoms with Crippen LogP contribution in [-0.2, 0) is 16.6 Å². The van der Waals surface area contributed by atoms with Crippen LogP contribution in [0.4, 0.5) is 0 Å². The quantitative estimate of drug-likeness (QED) is 0.824. The topological polar surface area (TPSA) is 66.4 Å². The van der Waals surface area contributed by atoms with Gasteiger partial charge in [-0.05, 0) is 59.1 Å². The van der Waals surface area contributed by atoms with Crippen molar-refractivity contribution in [1.29, 1.82) is 0 Å². The van der Waals surface area contributed by atoms with Gasteiger partial charge in [-0.3, -0.25) is 0 Å². The van der Waals surface area contributed by atoms with Crippen molar-refractivity contribution in [1.82, 2.24) is 4.72 Å². The number of halogens is 1. The predicted molar refractivity (Wildman–Crippen MR) is 85.4 cm³/mol. The second-order valence-electron chi connectivity index (χ2n) is 5.15. The molecule has 0 radical (unpaired) electrons. The van der Waals surface area contributed by atoms with E-state index < -0.39 is 10.0 Å². The lowest BCUT2D eigenvalue weighted by Gasteiger charge is -2.23. The second-order valence-corrected chi connectivity index (χ2v) is 9.42. The maximum Gasteiger partial charge on any atom is 0.241 e. The number of hydrogen-bond donors (Lipinski definition) is 2. The van der Waals surface area contributed by atoms with E-state index in [0.29, 0.717) is 16.6 Å². The van der Waals surface area contributed by atoms with Crippen LogP contribution in [0.2, 0.25) is 0 Å². The van der Waals surface area contributed by atoms with E-state index >= 15 is 0 Å². The molecule has 1 fully saturated rings. The van der Waals surface area contributed by atoms with Gasteiger partial charge in [-0.25, -0.2) is 13.1 Å². The normalized spacial score (nSPS) is 23.1. The van der Waals surface area contributed by atoms with Crippen molar-refractivity contribution in [2.75, 3.05) is 12.3 Å². The maximum atomic E-state index is 12.4. The van der Waals surface area contributed by atoms with E-state index in [2.05, 4.69) is 27.6 Å². The second kappa shape index (κ2) is 6.36. The Bertz CT molecular complexity index is 583. The van der Waals surface area contributed by atoms with Crippen LogP contribution in [0.25, 0.3) is 0 Å². The lowest BCUT2D eigenvalue weighted by Crippen LogP contribution is -2.36. The molecule has 0 amide bonds. The number of benzene rings is 1. The first-order chi connectivity index (χ1) is 9.36. The van der Waals surface area contributed by atoms with Crippen LogP contribution < -0.4 is 4.72 Å². The summed E-state index contributed by atoms with van der Waals surface area (Å²) in [6, 6.07) is 4.83. The van der Waals surface area contributed by atoms with Gasteiger partial charge in [0.15, 0.2) is 0 Å². The third-order valence-electron chi connectivity index (χ3n) is 3.40. The summed E-state index contributed by atoms with van der Waals surface area (Å²) in [6.45, 7) is 2.34. The minimum atomic E-state index is -3.57. The fourth-order valence-electron chi connectivity index (χ4n) is 2.15. The number of aliphatic hydroxyl groups is 1. The first-order valence-corrected chi connectivity index (χ1v) is 9.65. The Morgan fingerprint density at radius 3 is 2.85 bits per heavy atom. The molecule has 0 bridgehead atoms. The van der Waals surface area contributed by atoms with E-state index in [9.17, 15) is 8.42 Å². The highest BCUT2D eigenvalue weighted by molar-refractivity contribution is 9.10. The molecule has 1 atom stereocenters. The fraction of sp³-hybridized carbons (Fsp3) is 0.538. The van der Waals surface area contributed by atoms with Gasteiger partial charge in [-0.15, -0.1) is 0 Å². The summed E-state index contributed by atoms with van der Waals surface area (Å²) < 4.78 is 28.0. The zero-order valence-corrected chi connectivity index (χ0v) is 14.4. The van der Waals surface area contributed by atoms with Gasteiger partial charge >= 0.3 is 0 Å². The van der Waals surface area contributed by atoms with Gasteiger partial charge in [0.25, 0.3) is 0 Å². The number of sulfonamides is 1. The molecule has 1 aromatic carbocycles. The predicted octanol–water partition coefficient (Wildman–Crippen LogP) is 2.51. The summed E-state index contributed by atoms with van der Waals surface area (Å²) in [7, 11) is -3.57. The SMILES string of the molecule is CC1(CNS(=O)(=O)c2cc(CO)ccc2Br)CCCS1. The average molecular weight is 380 g/mol. The summed E-state index contributed by atoms with van der Waals surface area (Å²) in [5.41, 5.74) is 0.579. The van der Waals surface area contributed by atoms with Crippen LogP contribution >= 0.6 is 27.7 Å². The zero-order valence-electron chi connectivity index (χ0n) is 11.2. The number of hydrogen-bond acceptors (Lipinski definition) is 4. The molecule has 4 nitrogen and oxygen atoms in total. The Labute approximate surface area is 132 Å². The minimum Gasteiger partial charge on any atom is -0.392 e. The van der Waals surface area contributed by atoms with Crippen LogP contribution in [-0.4, -0.2) is 30.6 Å². The van der Waals surface area contributed by atoms with Crippen LogP contribution in [0.5, 0.6) is 0 Å². The molecule has 1 aromatic rings. The van der Waals surface area contributed by atoms with E-state index in [4.69, 9.17) is 5.11 Å². The molecular formula is C13H18BrNO3S2. The molecule has 20 heavy (non-hydrogen) atoms. The first kappa shape index (κ1) is 16.3. The van der Waals surface area contributed by atoms with Crippen molar-refractivity contribution in [3.8, 4) is 0 Å². The molecule has 1 aliphatic rings. The number of thioether (sulfide) groups is 1. The van der Waals surface area contributed by atoms with Crippen molar-refractivity contribution in [3.63, 3.8) is 0 Å². The smallest absolute Gasteiger partial charge is 0.241 e. The van der Waals surface area contributed by atoms with Crippen molar-refractivity contribution >= 4 is 37.7 Å². The summed E-state index contributed by atoms with van der Waals surface area (Å²) >= 11 is 5.07. The Morgan fingerprint density at radius 1 is 1.50 bits per heavy atom. The Morgan fingerprint density at radius 2 is 2.25 bits per heavy atom. The van der Waals surface area contributed by atoms with Gasteiger partial charge in [0.05, 0.1) is 11.5 Å². The molecule has 0 aliphatic carbocycles. The molecule has 7 heteroatoms. The standard InChI is InChI=1S/C13H18BrNO3S2/c1-13(5-2-6-19-13)9-15-20(17,18)12-7-10(8-16)3-4-11(12)14/h3-4,7,15-16H,2,5-6,8-9H2,1H3. The number of aliphatic hydroxyl groups excluding tert-OH is 1. The first-order valence-electron chi connectivity index (χ1n) is 6.39. The van der Waals surface area contributed by atoms with Gasteiger partial charge in [0, 0.05) is 15.8 Å². The van der Waals surface area contributed by atoms with Gasteiger partial charge in [-0.2, -0.15) is 11.8 Å². The van der Waals surface area contributed by atoms with Gasteiger partial charge < -0.3 is 5.11 Å². The highest BCUT2D eigenvalue weighted by Gasteiger charge is 2.31. The van der Waals surface area contributed by atoms with Crippen molar-refractivity contribution in [2.45, 2.75) is 36.0 Å². The molecule has 0 aromatic heterocycles. The van der Waals surface area contributed by atoms with E-state index in [0.717, 1.165) is 18.6 Å². The van der Waals surface area contributed by atoms with E-state index in [-0.39, 0.29) is 16.2 Å². The van der Waals surface area contributed by atoms with Crippen molar-refractivity contribution in [2.24, 2.45) is 0 Å². The summed E-state index contributed by atoms with van der Waals surface area (Å²) in [4.78, 5) is 0.177. The fourth-order valence-corrected chi connectivity index (χ4v) is 5.67. The molecule has 2 N–H and O–H groups in total. The highest BCUT2D eigenvalue weighted by Crippen LogP contribution is 2.37. The number of nitrogens with one attached hydrogen (secondary N) is 1. The average Bonchev–Trinajstić information content (AvgIpc) is 2.85. The van der Waals surface area contributed by atoms with Crippen LogP contribution in [0.1, 0.15) is 25.3 Å². The molecule has 0 spiro atoms. The molecule has 2 rings (SSSR count).